The van der Waals surface area contributed by atoms with E-state index >= 15 is 0 Å². The predicted octanol–water partition coefficient (Wildman–Crippen LogP) is 3.48. The van der Waals surface area contributed by atoms with Gasteiger partial charge in [-0.3, -0.25) is 4.90 Å². The maximum Gasteiger partial charge on any atom is 0.161 e. The first-order valence-corrected chi connectivity index (χ1v) is 8.24. The van der Waals surface area contributed by atoms with Gasteiger partial charge < -0.3 is 14.2 Å². The molecule has 0 radical (unpaired) electrons. The van der Waals surface area contributed by atoms with Crippen molar-refractivity contribution in [3.05, 3.63) is 53.1 Å². The molecule has 1 heterocycles. The first-order valence-electron chi connectivity index (χ1n) is 8.24. The van der Waals surface area contributed by atoms with Crippen molar-refractivity contribution in [1.82, 2.24) is 4.90 Å². The van der Waals surface area contributed by atoms with Gasteiger partial charge in [0.05, 0.1) is 21.3 Å². The van der Waals surface area contributed by atoms with Crippen LogP contribution in [0.2, 0.25) is 0 Å². The van der Waals surface area contributed by atoms with Crippen molar-refractivity contribution in [1.29, 1.82) is 0 Å². The Hall–Kier alpha value is -2.20. The molecule has 0 saturated heterocycles. The van der Waals surface area contributed by atoms with Gasteiger partial charge in [0.25, 0.3) is 0 Å². The Morgan fingerprint density at radius 2 is 1.75 bits per heavy atom. The third-order valence-electron chi connectivity index (χ3n) is 4.83. The molecule has 0 saturated carbocycles. The highest BCUT2D eigenvalue weighted by Crippen LogP contribution is 2.39. The molecule has 3 rings (SSSR count). The largest absolute Gasteiger partial charge is 0.497 e. The minimum Gasteiger partial charge on any atom is -0.497 e. The van der Waals surface area contributed by atoms with Gasteiger partial charge in [-0.25, -0.2) is 0 Å². The Kier molecular flexibility index (Phi) is 4.95. The van der Waals surface area contributed by atoms with Crippen LogP contribution in [0.5, 0.6) is 17.2 Å². The second kappa shape index (κ2) is 7.14. The maximum absolute atomic E-state index is 5.51. The molecule has 24 heavy (non-hydrogen) atoms. The highest BCUT2D eigenvalue weighted by Gasteiger charge is 2.27. The lowest BCUT2D eigenvalue weighted by atomic mass is 9.88. The lowest BCUT2D eigenvalue weighted by Gasteiger charge is -2.35. The Bertz CT molecular complexity index is 714. The van der Waals surface area contributed by atoms with E-state index in [-0.39, 0.29) is 0 Å². The number of methoxy groups -OCH3 is 3. The molecule has 0 amide bonds. The lowest BCUT2D eigenvalue weighted by molar-refractivity contribution is 0.228. The minimum atomic E-state index is 0.320. The van der Waals surface area contributed by atoms with E-state index < -0.39 is 0 Å². The summed E-state index contributed by atoms with van der Waals surface area (Å²) in [7, 11) is 7.27. The predicted molar refractivity (Wildman–Crippen MR) is 95.3 cm³/mol. The smallest absolute Gasteiger partial charge is 0.161 e. The molecule has 0 aromatic heterocycles. The van der Waals surface area contributed by atoms with Crippen LogP contribution >= 0.6 is 0 Å². The molecule has 4 heteroatoms. The zero-order chi connectivity index (χ0) is 17.1. The van der Waals surface area contributed by atoms with E-state index in [2.05, 4.69) is 36.2 Å². The van der Waals surface area contributed by atoms with E-state index in [0.29, 0.717) is 6.04 Å². The van der Waals surface area contributed by atoms with Gasteiger partial charge in [-0.1, -0.05) is 12.1 Å². The number of ether oxygens (including phenoxy) is 3. The molecule has 2 aromatic rings. The van der Waals surface area contributed by atoms with E-state index in [1.165, 1.54) is 16.7 Å². The van der Waals surface area contributed by atoms with Crippen molar-refractivity contribution >= 4 is 0 Å². The van der Waals surface area contributed by atoms with E-state index in [1.54, 1.807) is 21.3 Å². The molecule has 0 aliphatic carbocycles. The van der Waals surface area contributed by atoms with Crippen LogP contribution in [0.4, 0.5) is 0 Å². The molecule has 4 nitrogen and oxygen atoms in total. The molecule has 0 spiro atoms. The van der Waals surface area contributed by atoms with Crippen LogP contribution in [0.1, 0.15) is 22.7 Å². The fourth-order valence-corrected chi connectivity index (χ4v) is 3.44. The van der Waals surface area contributed by atoms with Gasteiger partial charge >= 0.3 is 0 Å². The van der Waals surface area contributed by atoms with Crippen LogP contribution in [0.25, 0.3) is 0 Å². The van der Waals surface area contributed by atoms with Gasteiger partial charge in [0.15, 0.2) is 11.5 Å². The summed E-state index contributed by atoms with van der Waals surface area (Å²) < 4.78 is 16.3. The number of rotatable bonds is 5. The molecule has 1 aliphatic heterocycles. The summed E-state index contributed by atoms with van der Waals surface area (Å²) in [6.07, 6.45) is 1.97. The number of likely N-dealkylation sites (N-methyl/N-ethyl adjacent to an activating group) is 1. The van der Waals surface area contributed by atoms with Gasteiger partial charge in [0.1, 0.15) is 5.75 Å². The molecule has 0 N–H and O–H groups in total. The van der Waals surface area contributed by atoms with E-state index in [9.17, 15) is 0 Å². The molecular weight excluding hydrogens is 302 g/mol. The molecule has 1 unspecified atom stereocenters. The quantitative estimate of drug-likeness (QED) is 0.841. The normalized spacial score (nSPS) is 17.2. The maximum atomic E-state index is 5.51. The number of hydrogen-bond acceptors (Lipinski definition) is 4. The average Bonchev–Trinajstić information content (AvgIpc) is 2.63. The summed E-state index contributed by atoms with van der Waals surface area (Å²) in [4.78, 5) is 2.41. The van der Waals surface area contributed by atoms with E-state index in [4.69, 9.17) is 14.2 Å². The second-order valence-electron chi connectivity index (χ2n) is 6.21. The van der Waals surface area contributed by atoms with Crippen LogP contribution < -0.4 is 14.2 Å². The summed E-state index contributed by atoms with van der Waals surface area (Å²) in [6.45, 7) is 1.04. The van der Waals surface area contributed by atoms with Crippen molar-refractivity contribution in [3.63, 3.8) is 0 Å². The highest BCUT2D eigenvalue weighted by molar-refractivity contribution is 5.50. The van der Waals surface area contributed by atoms with E-state index in [1.807, 2.05) is 12.1 Å². The molecule has 2 aromatic carbocycles. The first kappa shape index (κ1) is 16.7. The minimum absolute atomic E-state index is 0.320. The lowest BCUT2D eigenvalue weighted by Crippen LogP contribution is -2.33. The van der Waals surface area contributed by atoms with Gasteiger partial charge in [0.2, 0.25) is 0 Å². The highest BCUT2D eigenvalue weighted by atomic mass is 16.5. The molecular formula is C20H25NO3. The summed E-state index contributed by atoms with van der Waals surface area (Å²) in [5, 5.41) is 0. The Morgan fingerprint density at radius 1 is 1.00 bits per heavy atom. The molecule has 0 bridgehead atoms. The van der Waals surface area contributed by atoms with Crippen molar-refractivity contribution in [2.75, 3.05) is 34.9 Å². The summed E-state index contributed by atoms with van der Waals surface area (Å²) >= 11 is 0. The standard InChI is InChI=1S/C20H25NO3/c1-21-9-8-15-12-19(23-3)20(24-4)13-17(15)18(21)11-14-6-5-7-16(10-14)22-2/h5-7,10,12-13,18H,8-9,11H2,1-4H3. The monoisotopic (exact) mass is 327 g/mol. The van der Waals surface area contributed by atoms with Crippen LogP contribution in [0, 0.1) is 0 Å². The van der Waals surface area contributed by atoms with Crippen LogP contribution in [-0.4, -0.2) is 39.8 Å². The zero-order valence-corrected chi connectivity index (χ0v) is 14.8. The van der Waals surface area contributed by atoms with Crippen molar-refractivity contribution in [2.24, 2.45) is 0 Å². The summed E-state index contributed by atoms with van der Waals surface area (Å²) in [5.41, 5.74) is 3.94. The third kappa shape index (κ3) is 3.20. The fraction of sp³-hybridized carbons (Fsp3) is 0.400. The third-order valence-corrected chi connectivity index (χ3v) is 4.83. The first-order chi connectivity index (χ1) is 11.7. The van der Waals surface area contributed by atoms with Crippen LogP contribution in [0.15, 0.2) is 36.4 Å². The second-order valence-corrected chi connectivity index (χ2v) is 6.21. The molecule has 0 fully saturated rings. The number of hydrogen-bond donors (Lipinski definition) is 0. The summed E-state index contributed by atoms with van der Waals surface area (Å²) in [6, 6.07) is 12.9. The average molecular weight is 327 g/mol. The van der Waals surface area contributed by atoms with Gasteiger partial charge in [0, 0.05) is 12.6 Å². The van der Waals surface area contributed by atoms with Gasteiger partial charge in [-0.05, 0) is 60.8 Å². The Morgan fingerprint density at radius 3 is 2.46 bits per heavy atom. The fourth-order valence-electron chi connectivity index (χ4n) is 3.44. The molecule has 128 valence electrons. The molecule has 1 aliphatic rings. The van der Waals surface area contributed by atoms with Gasteiger partial charge in [-0.2, -0.15) is 0 Å². The SMILES string of the molecule is COc1cccc(CC2c3cc(OC)c(OC)cc3CCN2C)c1. The van der Waals surface area contributed by atoms with Crippen molar-refractivity contribution in [3.8, 4) is 17.2 Å². The Labute approximate surface area is 144 Å². The number of nitrogens with zero attached hydrogens (tertiary/aromatic N) is 1. The number of benzene rings is 2. The van der Waals surface area contributed by atoms with Crippen molar-refractivity contribution in [2.45, 2.75) is 18.9 Å². The topological polar surface area (TPSA) is 30.9 Å². The van der Waals surface area contributed by atoms with Crippen LogP contribution in [-0.2, 0) is 12.8 Å². The Balaban J connectivity index is 1.96. The van der Waals surface area contributed by atoms with Gasteiger partial charge in [-0.15, -0.1) is 0 Å². The van der Waals surface area contributed by atoms with Crippen molar-refractivity contribution < 1.29 is 14.2 Å². The van der Waals surface area contributed by atoms with E-state index in [0.717, 1.165) is 36.6 Å². The van der Waals surface area contributed by atoms with Crippen LogP contribution in [0.3, 0.4) is 0 Å². The zero-order valence-electron chi connectivity index (χ0n) is 14.8. The molecule has 1 atom stereocenters. The summed E-state index contributed by atoms with van der Waals surface area (Å²) in [5.74, 6) is 2.50. The number of fused-ring (bicyclic) bond motifs is 1.